The summed E-state index contributed by atoms with van der Waals surface area (Å²) >= 11 is 7.01. The van der Waals surface area contributed by atoms with Crippen LogP contribution in [0.3, 0.4) is 0 Å². The molecular formula is C17H24N4OS2. The van der Waals surface area contributed by atoms with Crippen LogP contribution >= 0.6 is 23.6 Å². The van der Waals surface area contributed by atoms with Crippen LogP contribution in [-0.4, -0.2) is 41.0 Å². The van der Waals surface area contributed by atoms with E-state index < -0.39 is 0 Å². The lowest BCUT2D eigenvalue weighted by Crippen LogP contribution is -2.32. The summed E-state index contributed by atoms with van der Waals surface area (Å²) in [5.41, 5.74) is 2.88. The van der Waals surface area contributed by atoms with E-state index in [1.807, 2.05) is 11.6 Å². The van der Waals surface area contributed by atoms with Gasteiger partial charge in [-0.1, -0.05) is 35.6 Å². The standard InChI is InChI=1S/C17H24N4OS2/c1-2-22-11-5-9-18-16-19-21(17(23)24-16)13-20-10-8-14-6-3-4-7-15(14)12-20/h3-4,6-7H,2,5,8-13H2,1H3,(H,18,19). The Morgan fingerprint density at radius 1 is 1.33 bits per heavy atom. The fraction of sp³-hybridized carbons (Fsp3) is 0.529. The molecule has 2 heterocycles. The maximum Gasteiger partial charge on any atom is 0.204 e. The summed E-state index contributed by atoms with van der Waals surface area (Å²) in [6, 6.07) is 8.67. The van der Waals surface area contributed by atoms with Crippen LogP contribution in [0.25, 0.3) is 0 Å². The van der Waals surface area contributed by atoms with Crippen molar-refractivity contribution in [2.45, 2.75) is 33.0 Å². The normalized spacial score (nSPS) is 14.5. The Hall–Kier alpha value is -1.28. The Morgan fingerprint density at radius 2 is 2.17 bits per heavy atom. The quantitative estimate of drug-likeness (QED) is 0.573. The zero-order valence-electron chi connectivity index (χ0n) is 14.0. The van der Waals surface area contributed by atoms with Gasteiger partial charge in [0.25, 0.3) is 0 Å². The monoisotopic (exact) mass is 364 g/mol. The number of hydrogen-bond donors (Lipinski definition) is 1. The number of nitrogens with zero attached hydrogens (tertiary/aromatic N) is 3. The van der Waals surface area contributed by atoms with Crippen molar-refractivity contribution in [3.8, 4) is 0 Å². The summed E-state index contributed by atoms with van der Waals surface area (Å²) in [6.07, 6.45) is 2.07. The zero-order chi connectivity index (χ0) is 16.8. The van der Waals surface area contributed by atoms with Crippen molar-refractivity contribution >= 4 is 28.7 Å². The Bertz CT molecular complexity index is 713. The summed E-state index contributed by atoms with van der Waals surface area (Å²) in [5.74, 6) is 0. The SMILES string of the molecule is CCOCCCNc1nn(CN2CCc3ccccc3C2)c(=S)s1. The molecule has 0 fully saturated rings. The van der Waals surface area contributed by atoms with Crippen LogP contribution in [0.15, 0.2) is 24.3 Å². The number of ether oxygens (including phenoxy) is 1. The average molecular weight is 365 g/mol. The van der Waals surface area contributed by atoms with E-state index in [1.165, 1.54) is 11.1 Å². The highest BCUT2D eigenvalue weighted by atomic mass is 32.1. The minimum atomic E-state index is 0.754. The van der Waals surface area contributed by atoms with Crippen LogP contribution in [0.1, 0.15) is 24.5 Å². The van der Waals surface area contributed by atoms with Crippen molar-refractivity contribution in [2.75, 3.05) is 31.6 Å². The van der Waals surface area contributed by atoms with E-state index in [0.29, 0.717) is 0 Å². The van der Waals surface area contributed by atoms with Crippen LogP contribution in [-0.2, 0) is 24.4 Å². The second-order valence-corrected chi connectivity index (χ2v) is 7.49. The molecular weight excluding hydrogens is 340 g/mol. The molecule has 2 aromatic rings. The van der Waals surface area contributed by atoms with Gasteiger partial charge in [0, 0.05) is 32.8 Å². The second-order valence-electron chi connectivity index (χ2n) is 5.86. The number of rotatable bonds is 8. The lowest BCUT2D eigenvalue weighted by Gasteiger charge is -2.28. The first-order valence-electron chi connectivity index (χ1n) is 8.45. The first-order chi connectivity index (χ1) is 11.8. The molecule has 0 saturated heterocycles. The van der Waals surface area contributed by atoms with Gasteiger partial charge in [0.05, 0.1) is 6.67 Å². The third-order valence-corrected chi connectivity index (χ3v) is 5.36. The highest BCUT2D eigenvalue weighted by Crippen LogP contribution is 2.20. The largest absolute Gasteiger partial charge is 0.382 e. The van der Waals surface area contributed by atoms with Crippen LogP contribution in [0.2, 0.25) is 0 Å². The van der Waals surface area contributed by atoms with Crippen LogP contribution in [0, 0.1) is 3.95 Å². The maximum atomic E-state index is 5.47. The van der Waals surface area contributed by atoms with E-state index in [2.05, 4.69) is 39.6 Å². The molecule has 3 rings (SSSR count). The minimum Gasteiger partial charge on any atom is -0.382 e. The van der Waals surface area contributed by atoms with Gasteiger partial charge in [-0.3, -0.25) is 4.90 Å². The molecule has 0 saturated carbocycles. The molecule has 7 heteroatoms. The number of anilines is 1. The fourth-order valence-corrected chi connectivity index (χ4v) is 3.86. The predicted molar refractivity (Wildman–Crippen MR) is 101 cm³/mol. The van der Waals surface area contributed by atoms with Crippen molar-refractivity contribution < 1.29 is 4.74 Å². The molecule has 0 unspecified atom stereocenters. The molecule has 1 aliphatic rings. The molecule has 0 atom stereocenters. The Morgan fingerprint density at radius 3 is 3.00 bits per heavy atom. The first-order valence-corrected chi connectivity index (χ1v) is 9.67. The van der Waals surface area contributed by atoms with Crippen molar-refractivity contribution in [3.05, 3.63) is 39.3 Å². The molecule has 130 valence electrons. The molecule has 1 aromatic heterocycles. The minimum absolute atomic E-state index is 0.754. The molecule has 0 bridgehead atoms. The van der Waals surface area contributed by atoms with E-state index in [1.54, 1.807) is 11.3 Å². The topological polar surface area (TPSA) is 42.3 Å². The summed E-state index contributed by atoms with van der Waals surface area (Å²) in [6.45, 7) is 7.19. The predicted octanol–water partition coefficient (Wildman–Crippen LogP) is 3.53. The smallest absolute Gasteiger partial charge is 0.204 e. The Kier molecular flexibility index (Phi) is 6.37. The third-order valence-electron chi connectivity index (χ3n) is 4.10. The van der Waals surface area contributed by atoms with E-state index in [-0.39, 0.29) is 0 Å². The highest BCUT2D eigenvalue weighted by molar-refractivity contribution is 7.73. The highest BCUT2D eigenvalue weighted by Gasteiger charge is 2.16. The van der Waals surface area contributed by atoms with Crippen LogP contribution < -0.4 is 5.32 Å². The lowest BCUT2D eigenvalue weighted by molar-refractivity contribution is 0.147. The second kappa shape index (κ2) is 8.71. The van der Waals surface area contributed by atoms with Gasteiger partial charge in [-0.15, -0.1) is 5.10 Å². The molecule has 1 aromatic carbocycles. The molecule has 0 radical (unpaired) electrons. The van der Waals surface area contributed by atoms with Crippen molar-refractivity contribution in [2.24, 2.45) is 0 Å². The number of fused-ring (bicyclic) bond motifs is 1. The van der Waals surface area contributed by atoms with Crippen molar-refractivity contribution in [3.63, 3.8) is 0 Å². The molecule has 1 N–H and O–H groups in total. The van der Waals surface area contributed by atoms with Gasteiger partial charge in [0.15, 0.2) is 3.95 Å². The third kappa shape index (κ3) is 4.63. The molecule has 0 amide bonds. The van der Waals surface area contributed by atoms with E-state index in [9.17, 15) is 0 Å². The van der Waals surface area contributed by atoms with Gasteiger partial charge < -0.3 is 10.1 Å². The van der Waals surface area contributed by atoms with E-state index in [0.717, 1.165) is 61.4 Å². The van der Waals surface area contributed by atoms with E-state index >= 15 is 0 Å². The van der Waals surface area contributed by atoms with Gasteiger partial charge in [0.2, 0.25) is 5.13 Å². The van der Waals surface area contributed by atoms with Gasteiger partial charge in [0.1, 0.15) is 0 Å². The summed E-state index contributed by atoms with van der Waals surface area (Å²) in [4.78, 5) is 2.40. The fourth-order valence-electron chi connectivity index (χ4n) is 2.85. The summed E-state index contributed by atoms with van der Waals surface area (Å²) in [7, 11) is 0. The van der Waals surface area contributed by atoms with Gasteiger partial charge >= 0.3 is 0 Å². The van der Waals surface area contributed by atoms with Gasteiger partial charge in [-0.05, 0) is 43.1 Å². The molecule has 5 nitrogen and oxygen atoms in total. The lowest BCUT2D eigenvalue weighted by atomic mass is 10.0. The van der Waals surface area contributed by atoms with Crippen molar-refractivity contribution in [1.29, 1.82) is 0 Å². The Balaban J connectivity index is 1.53. The molecule has 0 aliphatic carbocycles. The Labute approximate surface area is 152 Å². The summed E-state index contributed by atoms with van der Waals surface area (Å²) in [5, 5.41) is 8.85. The van der Waals surface area contributed by atoms with Gasteiger partial charge in [-0.25, -0.2) is 4.68 Å². The zero-order valence-corrected chi connectivity index (χ0v) is 15.7. The van der Waals surface area contributed by atoms with E-state index in [4.69, 9.17) is 17.0 Å². The van der Waals surface area contributed by atoms with Gasteiger partial charge in [-0.2, -0.15) is 0 Å². The number of aromatic nitrogens is 2. The number of benzene rings is 1. The summed E-state index contributed by atoms with van der Waals surface area (Å²) < 4.78 is 8.09. The first kappa shape index (κ1) is 17.5. The molecule has 0 spiro atoms. The number of hydrogen-bond acceptors (Lipinski definition) is 6. The molecule has 1 aliphatic heterocycles. The van der Waals surface area contributed by atoms with Crippen LogP contribution in [0.5, 0.6) is 0 Å². The molecule has 24 heavy (non-hydrogen) atoms. The number of nitrogens with one attached hydrogen (secondary N) is 1. The average Bonchev–Trinajstić information content (AvgIpc) is 2.94. The van der Waals surface area contributed by atoms with Crippen LogP contribution in [0.4, 0.5) is 5.13 Å². The van der Waals surface area contributed by atoms with Crippen molar-refractivity contribution in [1.82, 2.24) is 14.7 Å². The maximum absolute atomic E-state index is 5.47.